The molecule has 0 aromatic heterocycles. The zero-order valence-electron chi connectivity index (χ0n) is 13.2. The number of ether oxygens (including phenoxy) is 2. The van der Waals surface area contributed by atoms with Crippen LogP contribution in [0.15, 0.2) is 6.07 Å². The quantitative estimate of drug-likeness (QED) is 0.359. The van der Waals surface area contributed by atoms with Crippen LogP contribution in [0.4, 0.5) is 5.69 Å². The summed E-state index contributed by atoms with van der Waals surface area (Å²) in [6, 6.07) is 1.52. The molecule has 0 radical (unpaired) electrons. The van der Waals surface area contributed by atoms with Crippen molar-refractivity contribution in [3.8, 4) is 5.75 Å². The van der Waals surface area contributed by atoms with Crippen molar-refractivity contribution in [1.82, 2.24) is 0 Å². The van der Waals surface area contributed by atoms with Crippen LogP contribution in [0.1, 0.15) is 42.6 Å². The summed E-state index contributed by atoms with van der Waals surface area (Å²) in [5, 5.41) is 21.3. The van der Waals surface area contributed by atoms with Crippen LogP contribution in [0.25, 0.3) is 0 Å². The molecule has 0 bridgehead atoms. The zero-order chi connectivity index (χ0) is 16.9. The molecule has 0 aliphatic carbocycles. The normalized spacial score (nSPS) is 11.9. The molecule has 1 rings (SSSR count). The maximum atomic E-state index is 11.5. The van der Waals surface area contributed by atoms with Gasteiger partial charge in [0.15, 0.2) is 11.9 Å². The van der Waals surface area contributed by atoms with Gasteiger partial charge in [-0.15, -0.1) is 0 Å². The van der Waals surface area contributed by atoms with Crippen LogP contribution >= 0.6 is 0 Å². The van der Waals surface area contributed by atoms with Crippen LogP contribution in [-0.4, -0.2) is 29.7 Å². The van der Waals surface area contributed by atoms with Gasteiger partial charge in [-0.1, -0.05) is 13.3 Å². The molecule has 0 amide bonds. The van der Waals surface area contributed by atoms with E-state index in [2.05, 4.69) is 4.74 Å². The Morgan fingerprint density at radius 2 is 2.09 bits per heavy atom. The van der Waals surface area contributed by atoms with E-state index < -0.39 is 17.0 Å². The fourth-order valence-electron chi connectivity index (χ4n) is 2.14. The lowest BCUT2D eigenvalue weighted by Gasteiger charge is -2.16. The second-order valence-corrected chi connectivity index (χ2v) is 4.97. The lowest BCUT2D eigenvalue weighted by Crippen LogP contribution is -2.16. The Labute approximate surface area is 129 Å². The third-order valence-corrected chi connectivity index (χ3v) is 3.38. The molecule has 1 aromatic carbocycles. The number of methoxy groups -OCH3 is 1. The number of rotatable bonds is 7. The molecule has 0 fully saturated rings. The molecule has 22 heavy (non-hydrogen) atoms. The third kappa shape index (κ3) is 3.73. The first-order valence-corrected chi connectivity index (χ1v) is 7.02. The maximum Gasteiger partial charge on any atom is 0.339 e. The van der Waals surface area contributed by atoms with Crippen molar-refractivity contribution >= 4 is 11.7 Å². The molecule has 0 unspecified atom stereocenters. The van der Waals surface area contributed by atoms with Crippen LogP contribution in [0.2, 0.25) is 0 Å². The van der Waals surface area contributed by atoms with Crippen molar-refractivity contribution in [2.45, 2.75) is 39.7 Å². The van der Waals surface area contributed by atoms with Crippen molar-refractivity contribution in [3.05, 3.63) is 32.9 Å². The molecule has 0 aliphatic rings. The summed E-state index contributed by atoms with van der Waals surface area (Å²) >= 11 is 0. The number of carbonyl (C=O) groups excluding carboxylic acids is 1. The number of hydrogen-bond donors (Lipinski definition) is 1. The Kier molecular flexibility index (Phi) is 6.30. The molecular formula is C15H21NO6. The van der Waals surface area contributed by atoms with E-state index in [1.165, 1.54) is 13.0 Å². The fraction of sp³-hybridized carbons (Fsp3) is 0.533. The minimum absolute atomic E-state index is 0.152. The average molecular weight is 311 g/mol. The molecule has 0 saturated carbocycles. The van der Waals surface area contributed by atoms with E-state index in [1.54, 1.807) is 6.92 Å². The minimum Gasteiger partial charge on any atom is -0.487 e. The van der Waals surface area contributed by atoms with E-state index in [0.717, 1.165) is 20.0 Å². The van der Waals surface area contributed by atoms with Gasteiger partial charge >= 0.3 is 11.7 Å². The Morgan fingerprint density at radius 1 is 1.45 bits per heavy atom. The lowest BCUT2D eigenvalue weighted by molar-refractivity contribution is -0.386. The fourth-order valence-corrected chi connectivity index (χ4v) is 2.14. The van der Waals surface area contributed by atoms with Gasteiger partial charge in [-0.2, -0.15) is 0 Å². The number of esters is 1. The van der Waals surface area contributed by atoms with Crippen LogP contribution in [0, 0.1) is 24.0 Å². The van der Waals surface area contributed by atoms with E-state index in [-0.39, 0.29) is 22.6 Å². The van der Waals surface area contributed by atoms with Crippen molar-refractivity contribution in [2.24, 2.45) is 0 Å². The van der Waals surface area contributed by atoms with Gasteiger partial charge in [0.25, 0.3) is 0 Å². The number of nitro benzene ring substituents is 1. The highest BCUT2D eigenvalue weighted by atomic mass is 16.6. The van der Waals surface area contributed by atoms with Crippen LogP contribution < -0.4 is 4.74 Å². The monoisotopic (exact) mass is 311 g/mol. The number of unbranched alkanes of at least 4 members (excludes halogenated alkanes) is 1. The second kappa shape index (κ2) is 7.74. The van der Waals surface area contributed by atoms with Gasteiger partial charge in [0.05, 0.1) is 18.6 Å². The lowest BCUT2D eigenvalue weighted by atomic mass is 9.97. The number of hydrogen-bond acceptors (Lipinski definition) is 6. The van der Waals surface area contributed by atoms with Gasteiger partial charge in [-0.05, 0) is 31.9 Å². The van der Waals surface area contributed by atoms with Gasteiger partial charge in [0.1, 0.15) is 0 Å². The van der Waals surface area contributed by atoms with Gasteiger partial charge < -0.3 is 14.6 Å². The Balaban J connectivity index is 3.36. The maximum absolute atomic E-state index is 11.5. The van der Waals surface area contributed by atoms with Gasteiger partial charge in [-0.3, -0.25) is 10.1 Å². The Morgan fingerprint density at radius 3 is 2.59 bits per heavy atom. The molecule has 1 atom stereocenters. The molecule has 7 heteroatoms. The number of aliphatic hydroxyl groups is 1. The Hall–Kier alpha value is -2.15. The van der Waals surface area contributed by atoms with Crippen molar-refractivity contribution in [1.29, 1.82) is 0 Å². The molecule has 1 N–H and O–H groups in total. The molecule has 0 heterocycles. The predicted octanol–water partition coefficient (Wildman–Crippen LogP) is 2.60. The van der Waals surface area contributed by atoms with E-state index in [1.807, 2.05) is 6.92 Å². The molecule has 1 aromatic rings. The third-order valence-electron chi connectivity index (χ3n) is 3.38. The summed E-state index contributed by atoms with van der Waals surface area (Å²) in [4.78, 5) is 22.3. The van der Waals surface area contributed by atoms with Crippen LogP contribution in [0.5, 0.6) is 5.75 Å². The van der Waals surface area contributed by atoms with Crippen LogP contribution in [-0.2, 0) is 9.53 Å². The van der Waals surface area contributed by atoms with Gasteiger partial charge in [0.2, 0.25) is 0 Å². The number of aliphatic hydroxyl groups excluding tert-OH is 1. The Bertz CT molecular complexity index is 570. The zero-order valence-corrected chi connectivity index (χ0v) is 13.2. The summed E-state index contributed by atoms with van der Waals surface area (Å²) in [6.07, 6.45) is 0.125. The van der Waals surface area contributed by atoms with E-state index in [0.29, 0.717) is 12.2 Å². The summed E-state index contributed by atoms with van der Waals surface area (Å²) in [7, 11) is 1.14. The first kappa shape index (κ1) is 17.9. The summed E-state index contributed by atoms with van der Waals surface area (Å²) < 4.78 is 10.0. The van der Waals surface area contributed by atoms with Crippen molar-refractivity contribution < 1.29 is 24.3 Å². The molecule has 7 nitrogen and oxygen atoms in total. The van der Waals surface area contributed by atoms with E-state index in [4.69, 9.17) is 4.74 Å². The summed E-state index contributed by atoms with van der Waals surface area (Å²) in [6.45, 7) is 5.48. The molecule has 122 valence electrons. The molecular weight excluding hydrogens is 290 g/mol. The number of nitrogens with zero attached hydrogens (tertiary/aromatic N) is 1. The summed E-state index contributed by atoms with van der Waals surface area (Å²) in [5.41, 5.74) is 0.610. The number of nitro groups is 1. The molecule has 0 spiro atoms. The molecule has 0 aliphatic heterocycles. The number of carbonyl (C=O) groups is 1. The minimum atomic E-state index is -1.56. The standard InChI is InChI=1S/C15H21NO6/c1-5-6-7-22-14-9(2)8-11(13(17)15(18)21-4)10(3)12(14)16(19)20/h8,13,17H,5-7H2,1-4H3/t13-/m0/s1. The second-order valence-electron chi connectivity index (χ2n) is 4.97. The van der Waals surface area contributed by atoms with E-state index in [9.17, 15) is 20.0 Å². The van der Waals surface area contributed by atoms with Gasteiger partial charge in [0, 0.05) is 11.1 Å². The number of benzene rings is 1. The van der Waals surface area contributed by atoms with Crippen molar-refractivity contribution in [3.63, 3.8) is 0 Å². The SMILES string of the molecule is CCCCOc1c(C)cc([C@H](O)C(=O)OC)c(C)c1[N+](=O)[O-]. The molecule has 0 saturated heterocycles. The highest BCUT2D eigenvalue weighted by molar-refractivity contribution is 5.78. The first-order valence-electron chi connectivity index (χ1n) is 7.02. The van der Waals surface area contributed by atoms with Crippen molar-refractivity contribution in [2.75, 3.05) is 13.7 Å². The average Bonchev–Trinajstić information content (AvgIpc) is 2.48. The summed E-state index contributed by atoms with van der Waals surface area (Å²) in [5.74, 6) is -0.687. The van der Waals surface area contributed by atoms with Crippen LogP contribution in [0.3, 0.4) is 0 Å². The highest BCUT2D eigenvalue weighted by Gasteiger charge is 2.29. The predicted molar refractivity (Wildman–Crippen MR) is 79.9 cm³/mol. The number of aryl methyl sites for hydroxylation is 1. The highest BCUT2D eigenvalue weighted by Crippen LogP contribution is 2.38. The topological polar surface area (TPSA) is 98.9 Å². The largest absolute Gasteiger partial charge is 0.487 e. The first-order chi connectivity index (χ1) is 10.3. The van der Waals surface area contributed by atoms with E-state index >= 15 is 0 Å². The van der Waals surface area contributed by atoms with Gasteiger partial charge in [-0.25, -0.2) is 4.79 Å². The smallest absolute Gasteiger partial charge is 0.339 e.